The van der Waals surface area contributed by atoms with Crippen molar-refractivity contribution in [3.05, 3.63) is 71.6 Å². The standard InChI is InChI=1S/C46H56N8O6/c1-23(2)39(51-45(57)59-5)43(55)53-17-7-8-34(53)41-48-22-33(50-41)31-16-15-30(37-27-13-14-28(18-27)38(31)37)25-9-11-26(12-10-25)32-21-47-42(49-32)36-20-29-19-35(29)54(36)44(56)40(24(3)4)52-46(58)60-6/h9-12,15-16,21-24,27-29,34-36,39-40H,7-8,13-14,17-20H2,1-6H3,(H,47,49)(H,48,50)(H,51,57)(H,52,58)/t27?,28?,29?,34-,35?,36-,39+,40-/m0/s1/i3D3,4D3,23D,24D,39D,40D. The van der Waals surface area contributed by atoms with Crippen molar-refractivity contribution in [2.24, 2.45) is 17.7 Å². The monoisotopic (exact) mass is 826 g/mol. The predicted molar refractivity (Wildman–Crippen MR) is 224 cm³/mol. The van der Waals surface area contributed by atoms with Crippen LogP contribution < -0.4 is 10.6 Å². The maximum atomic E-state index is 14.5. The quantitative estimate of drug-likeness (QED) is 0.120. The first-order valence-corrected chi connectivity index (χ1v) is 20.5. The molecule has 2 bridgehead atoms. The maximum Gasteiger partial charge on any atom is 0.407 e. The number of fused-ring (bicyclic) bond motifs is 6. The van der Waals surface area contributed by atoms with E-state index in [9.17, 15) is 19.2 Å². The number of aromatic nitrogens is 4. The molecule has 8 atom stereocenters. The average Bonchev–Trinajstić information content (AvgIpc) is 4.07. The van der Waals surface area contributed by atoms with E-state index >= 15 is 0 Å². The van der Waals surface area contributed by atoms with Crippen LogP contribution in [0.1, 0.15) is 133 Å². The summed E-state index contributed by atoms with van der Waals surface area (Å²) < 4.78 is 93.2. The van der Waals surface area contributed by atoms with Crippen molar-refractivity contribution < 1.29 is 42.4 Å². The SMILES string of the molecule is [2H]C([2H])([2H])C([2H])(C([2H])([2H])[2H])[C@]([2H])(NC(=O)OC)C(=O)N1C2CC2C[C@H]1c1ncc(-c2ccc(-c3ccc(-c4cnc([C@@H]5CCCN5C(=O)[C@]([2H])(NC(=O)OC)C([2H])(C)C)[nH]4)c4c3C3CCC4C3)cc2)[nH]1. The zero-order chi connectivity index (χ0) is 50.7. The Bertz CT molecular complexity index is 2720. The summed E-state index contributed by atoms with van der Waals surface area (Å²) in [6, 6.07) is 4.53. The Hall–Kier alpha value is -5.66. The van der Waals surface area contributed by atoms with Crippen molar-refractivity contribution >= 4 is 24.0 Å². The third-order valence-electron chi connectivity index (χ3n) is 13.0. The minimum Gasteiger partial charge on any atom is -0.453 e. The number of hydrogen-bond donors (Lipinski definition) is 4. The molecule has 2 saturated heterocycles. The molecule has 2 aromatic heterocycles. The van der Waals surface area contributed by atoms with E-state index in [-0.39, 0.29) is 5.92 Å². The Morgan fingerprint density at radius 3 is 2.02 bits per heavy atom. The number of carbonyl (C=O) groups excluding carboxylic acids is 4. The molecular formula is C46H56N8O6. The van der Waals surface area contributed by atoms with Gasteiger partial charge in [0.1, 0.15) is 23.7 Å². The second-order valence-corrected chi connectivity index (χ2v) is 16.7. The van der Waals surface area contributed by atoms with Gasteiger partial charge in [-0.3, -0.25) is 9.59 Å². The van der Waals surface area contributed by atoms with Gasteiger partial charge in [-0.1, -0.05) is 63.9 Å². The van der Waals surface area contributed by atoms with Crippen LogP contribution in [0.2, 0.25) is 0 Å². The van der Waals surface area contributed by atoms with E-state index in [4.69, 9.17) is 23.4 Å². The number of amides is 4. The number of nitrogens with one attached hydrogen (secondary N) is 4. The molecule has 4 unspecified atom stereocenters. The van der Waals surface area contributed by atoms with E-state index < -0.39 is 79.7 Å². The highest BCUT2D eigenvalue weighted by Gasteiger charge is 2.56. The molecular weight excluding hydrogens is 761 g/mol. The number of hydrogen-bond acceptors (Lipinski definition) is 8. The molecule has 316 valence electrons. The molecule has 5 aliphatic rings. The molecule has 4 heterocycles. The van der Waals surface area contributed by atoms with Crippen molar-refractivity contribution in [2.75, 3.05) is 20.8 Å². The molecule has 4 amide bonds. The molecule has 2 aliphatic heterocycles. The highest BCUT2D eigenvalue weighted by molar-refractivity contribution is 5.88. The van der Waals surface area contributed by atoms with Gasteiger partial charge in [0.05, 0.1) is 52.8 Å². The van der Waals surface area contributed by atoms with E-state index in [1.807, 2.05) is 29.6 Å². The zero-order valence-electron chi connectivity index (χ0n) is 44.0. The van der Waals surface area contributed by atoms with Crippen LogP contribution in [-0.2, 0) is 19.1 Å². The van der Waals surface area contributed by atoms with Crippen LogP contribution in [0.5, 0.6) is 0 Å². The molecule has 2 aromatic carbocycles. The maximum absolute atomic E-state index is 14.5. The number of aromatic amines is 2. The summed E-state index contributed by atoms with van der Waals surface area (Å²) in [4.78, 5) is 72.2. The fourth-order valence-corrected chi connectivity index (χ4v) is 10.1. The second-order valence-electron chi connectivity index (χ2n) is 16.7. The van der Waals surface area contributed by atoms with Gasteiger partial charge in [-0.2, -0.15) is 0 Å². The van der Waals surface area contributed by atoms with Gasteiger partial charge in [-0.15, -0.1) is 0 Å². The highest BCUT2D eigenvalue weighted by atomic mass is 16.5. The zero-order valence-corrected chi connectivity index (χ0v) is 34.0. The lowest BCUT2D eigenvalue weighted by atomic mass is 9.82. The normalized spacial score (nSPS) is 28.9. The number of H-pyrrole nitrogens is 2. The Balaban J connectivity index is 0.970. The number of carbonyl (C=O) groups is 4. The van der Waals surface area contributed by atoms with Crippen molar-refractivity contribution in [3.63, 3.8) is 0 Å². The number of rotatable bonds is 11. The van der Waals surface area contributed by atoms with Gasteiger partial charge in [0, 0.05) is 29.1 Å². The lowest BCUT2D eigenvalue weighted by Crippen LogP contribution is -2.52. The molecule has 9 rings (SSSR count). The van der Waals surface area contributed by atoms with Gasteiger partial charge >= 0.3 is 12.2 Å². The molecule has 60 heavy (non-hydrogen) atoms. The van der Waals surface area contributed by atoms with Crippen LogP contribution in [0.15, 0.2) is 48.8 Å². The van der Waals surface area contributed by atoms with E-state index in [1.54, 1.807) is 12.4 Å². The largest absolute Gasteiger partial charge is 0.453 e. The molecule has 2 saturated carbocycles. The van der Waals surface area contributed by atoms with E-state index in [1.165, 1.54) is 34.8 Å². The molecule has 4 N–H and O–H groups in total. The molecule has 14 heteroatoms. The van der Waals surface area contributed by atoms with Crippen molar-refractivity contribution in [1.82, 2.24) is 40.4 Å². The van der Waals surface area contributed by atoms with E-state index in [0.29, 0.717) is 61.4 Å². The minimum atomic E-state index is -3.79. The molecule has 4 fully saturated rings. The first-order chi connectivity index (χ1) is 32.8. The Labute approximate surface area is 364 Å². The summed E-state index contributed by atoms with van der Waals surface area (Å²) in [6.07, 6.45) is 6.23. The van der Waals surface area contributed by atoms with Gasteiger partial charge in [0.15, 0.2) is 0 Å². The summed E-state index contributed by atoms with van der Waals surface area (Å²) in [5.41, 5.74) is 7.88. The number of alkyl carbamates (subject to hydrolysis) is 2. The number of nitrogens with zero attached hydrogens (tertiary/aromatic N) is 4. The number of piperidine rings is 1. The third-order valence-corrected chi connectivity index (χ3v) is 13.0. The van der Waals surface area contributed by atoms with E-state index in [2.05, 4.69) is 37.1 Å². The van der Waals surface area contributed by atoms with Crippen molar-refractivity contribution in [3.8, 4) is 33.6 Å². The number of likely N-dealkylation sites (tertiary alicyclic amines) is 2. The first kappa shape index (κ1) is 29.5. The lowest BCUT2D eigenvalue weighted by Gasteiger charge is -2.31. The summed E-state index contributed by atoms with van der Waals surface area (Å²) in [5, 5.41) is 4.14. The molecule has 0 spiro atoms. The average molecular weight is 827 g/mol. The number of methoxy groups -OCH3 is 2. The number of benzene rings is 2. The minimum absolute atomic E-state index is 0.0487. The fourth-order valence-electron chi connectivity index (χ4n) is 10.1. The Morgan fingerprint density at radius 1 is 0.750 bits per heavy atom. The summed E-state index contributed by atoms with van der Waals surface area (Å²) in [7, 11) is 2.05. The molecule has 14 nitrogen and oxygen atoms in total. The highest BCUT2D eigenvalue weighted by Crippen LogP contribution is 2.58. The van der Waals surface area contributed by atoms with Gasteiger partial charge in [-0.25, -0.2) is 19.6 Å². The fraction of sp³-hybridized carbons (Fsp3) is 0.522. The smallest absolute Gasteiger partial charge is 0.407 e. The predicted octanol–water partition coefficient (Wildman–Crippen LogP) is 7.59. The molecule has 0 radical (unpaired) electrons. The third kappa shape index (κ3) is 7.00. The van der Waals surface area contributed by atoms with Crippen LogP contribution >= 0.6 is 0 Å². The lowest BCUT2D eigenvalue weighted by molar-refractivity contribution is -0.137. The first-order valence-electron chi connectivity index (χ1n) is 25.5. The van der Waals surface area contributed by atoms with Crippen molar-refractivity contribution in [2.45, 2.75) is 114 Å². The van der Waals surface area contributed by atoms with Gasteiger partial charge in [-0.05, 0) is 102 Å². The van der Waals surface area contributed by atoms with Crippen LogP contribution in [-0.4, -0.2) is 92.6 Å². The van der Waals surface area contributed by atoms with Gasteiger partial charge in [0.2, 0.25) is 11.8 Å². The summed E-state index contributed by atoms with van der Waals surface area (Å²) >= 11 is 0. The Kier molecular flexibility index (Phi) is 7.75. The van der Waals surface area contributed by atoms with Crippen LogP contribution in [0.3, 0.4) is 0 Å². The van der Waals surface area contributed by atoms with Crippen LogP contribution in [0.25, 0.3) is 33.6 Å². The second kappa shape index (κ2) is 15.7. The van der Waals surface area contributed by atoms with Crippen LogP contribution in [0.4, 0.5) is 9.59 Å². The molecule has 4 aromatic rings. The Morgan fingerprint density at radius 2 is 1.35 bits per heavy atom. The van der Waals surface area contributed by atoms with Crippen molar-refractivity contribution in [1.29, 1.82) is 0 Å². The topological polar surface area (TPSA) is 175 Å². The summed E-state index contributed by atoms with van der Waals surface area (Å²) in [5.74, 6) is -6.02. The van der Waals surface area contributed by atoms with Crippen LogP contribution in [0, 0.1) is 17.7 Å². The van der Waals surface area contributed by atoms with Gasteiger partial charge < -0.3 is 39.9 Å². The summed E-state index contributed by atoms with van der Waals surface area (Å²) in [6.45, 7) is -4.31. The van der Waals surface area contributed by atoms with E-state index in [0.717, 1.165) is 61.4 Å². The van der Waals surface area contributed by atoms with Gasteiger partial charge in [0.25, 0.3) is 0 Å². The number of imidazole rings is 2. The number of ether oxygens (including phenoxy) is 2. The molecule has 3 aliphatic carbocycles.